The van der Waals surface area contributed by atoms with Gasteiger partial charge in [-0.25, -0.2) is 0 Å². The molecule has 1 aromatic carbocycles. The maximum absolute atomic E-state index is 12.2. The minimum Gasteiger partial charge on any atom is -0.383 e. The Hall–Kier alpha value is -1.19. The van der Waals surface area contributed by atoms with Gasteiger partial charge in [-0.15, -0.1) is 0 Å². The molecule has 0 unspecified atom stereocenters. The lowest BCUT2D eigenvalue weighted by Gasteiger charge is -2.23. The van der Waals surface area contributed by atoms with Crippen LogP contribution in [0.1, 0.15) is 29.8 Å². The monoisotopic (exact) mass is 263 g/mol. The molecule has 1 rings (SSSR count). The highest BCUT2D eigenvalue weighted by Gasteiger charge is 2.13. The molecule has 19 heavy (non-hydrogen) atoms. The number of hydrogen-bond acceptors (Lipinski definition) is 3. The molecule has 0 aromatic heterocycles. The number of carbonyl (C=O) groups excluding carboxylic acids is 1. The van der Waals surface area contributed by atoms with Gasteiger partial charge >= 0.3 is 0 Å². The van der Waals surface area contributed by atoms with E-state index in [9.17, 15) is 4.79 Å². The summed E-state index contributed by atoms with van der Waals surface area (Å²) in [7, 11) is 1.69. The molecule has 0 bridgehead atoms. The highest BCUT2D eigenvalue weighted by atomic mass is 16.5. The average molecular weight is 263 g/mol. The van der Waals surface area contributed by atoms with Gasteiger partial charge in [0.05, 0.1) is 13.2 Å². The van der Waals surface area contributed by atoms with E-state index in [4.69, 9.17) is 4.74 Å². The fourth-order valence-electron chi connectivity index (χ4n) is 2.01. The number of nitrogens with zero attached hydrogens (tertiary/aromatic N) is 1. The molecule has 0 aliphatic heterocycles. The fourth-order valence-corrected chi connectivity index (χ4v) is 2.01. The number of rotatable bonds is 8. The van der Waals surface area contributed by atoms with Crippen LogP contribution in [0.2, 0.25) is 0 Å². The first kappa shape index (κ1) is 15.9. The molecular formula is C16H25NO2. The molecule has 0 aliphatic rings. The number of hydrogen-bond donors (Lipinski definition) is 0. The first-order chi connectivity index (χ1) is 9.02. The Kier molecular flexibility index (Phi) is 6.74. The third-order valence-electron chi connectivity index (χ3n) is 2.98. The summed E-state index contributed by atoms with van der Waals surface area (Å²) in [5.74, 6) is 0.722. The Morgan fingerprint density at radius 2 is 1.89 bits per heavy atom. The molecule has 0 spiro atoms. The quantitative estimate of drug-likeness (QED) is 0.675. The molecule has 0 fully saturated rings. The molecule has 0 heterocycles. The van der Waals surface area contributed by atoms with Crippen LogP contribution in [0.5, 0.6) is 0 Å². The van der Waals surface area contributed by atoms with Crippen LogP contribution < -0.4 is 0 Å². The van der Waals surface area contributed by atoms with Gasteiger partial charge in [-0.3, -0.25) is 9.69 Å². The largest absolute Gasteiger partial charge is 0.383 e. The van der Waals surface area contributed by atoms with E-state index < -0.39 is 0 Å². The summed E-state index contributed by atoms with van der Waals surface area (Å²) in [6, 6.07) is 7.77. The minimum atomic E-state index is 0.178. The first-order valence-corrected chi connectivity index (χ1v) is 6.84. The second kappa shape index (κ2) is 8.08. The summed E-state index contributed by atoms with van der Waals surface area (Å²) in [5.41, 5.74) is 1.96. The second-order valence-corrected chi connectivity index (χ2v) is 5.41. The van der Waals surface area contributed by atoms with Crippen molar-refractivity contribution in [3.8, 4) is 0 Å². The topological polar surface area (TPSA) is 29.5 Å². The highest BCUT2D eigenvalue weighted by molar-refractivity contribution is 5.97. The number of benzene rings is 1. The van der Waals surface area contributed by atoms with Gasteiger partial charge in [0.25, 0.3) is 0 Å². The molecule has 0 saturated heterocycles. The molecule has 3 heteroatoms. The number of Topliss-reactive ketones (excluding diaryl/α,β-unsaturated/α-hetero) is 1. The third kappa shape index (κ3) is 5.99. The molecule has 0 aliphatic carbocycles. The van der Waals surface area contributed by atoms with Crippen LogP contribution in [0.3, 0.4) is 0 Å². The van der Waals surface area contributed by atoms with Crippen molar-refractivity contribution in [2.45, 2.75) is 20.8 Å². The van der Waals surface area contributed by atoms with Crippen LogP contribution in [0, 0.1) is 12.8 Å². The number of aryl methyl sites for hydroxylation is 1. The van der Waals surface area contributed by atoms with Crippen LogP contribution in [-0.4, -0.2) is 44.0 Å². The number of methoxy groups -OCH3 is 1. The van der Waals surface area contributed by atoms with E-state index in [1.807, 2.05) is 31.2 Å². The second-order valence-electron chi connectivity index (χ2n) is 5.41. The summed E-state index contributed by atoms with van der Waals surface area (Å²) in [6.45, 7) is 9.19. The lowest BCUT2D eigenvalue weighted by Crippen LogP contribution is -2.35. The number of ether oxygens (including phenoxy) is 1. The minimum absolute atomic E-state index is 0.178. The average Bonchev–Trinajstić information content (AvgIpc) is 2.36. The van der Waals surface area contributed by atoms with E-state index in [-0.39, 0.29) is 5.78 Å². The Morgan fingerprint density at radius 3 is 2.42 bits per heavy atom. The van der Waals surface area contributed by atoms with Gasteiger partial charge in [-0.2, -0.15) is 0 Å². The predicted octanol–water partition coefficient (Wildman–Crippen LogP) is 2.78. The van der Waals surface area contributed by atoms with Crippen molar-refractivity contribution in [1.82, 2.24) is 4.90 Å². The van der Waals surface area contributed by atoms with E-state index in [2.05, 4.69) is 18.7 Å². The Labute approximate surface area is 116 Å². The first-order valence-electron chi connectivity index (χ1n) is 6.84. The van der Waals surface area contributed by atoms with Gasteiger partial charge in [0, 0.05) is 25.8 Å². The van der Waals surface area contributed by atoms with Crippen molar-refractivity contribution in [1.29, 1.82) is 0 Å². The predicted molar refractivity (Wildman–Crippen MR) is 78.7 cm³/mol. The van der Waals surface area contributed by atoms with Crippen molar-refractivity contribution in [2.24, 2.45) is 5.92 Å². The van der Waals surface area contributed by atoms with E-state index in [1.165, 1.54) is 5.56 Å². The summed E-state index contributed by atoms with van der Waals surface area (Å²) in [4.78, 5) is 14.4. The maximum atomic E-state index is 12.2. The van der Waals surface area contributed by atoms with E-state index in [0.29, 0.717) is 19.1 Å². The zero-order chi connectivity index (χ0) is 14.3. The van der Waals surface area contributed by atoms with Crippen LogP contribution in [-0.2, 0) is 4.74 Å². The Bertz CT molecular complexity index is 384. The van der Waals surface area contributed by atoms with Crippen molar-refractivity contribution in [3.63, 3.8) is 0 Å². The molecule has 0 N–H and O–H groups in total. The van der Waals surface area contributed by atoms with Crippen LogP contribution in [0.15, 0.2) is 24.3 Å². The van der Waals surface area contributed by atoms with Gasteiger partial charge in [0.1, 0.15) is 0 Å². The zero-order valence-electron chi connectivity index (χ0n) is 12.5. The van der Waals surface area contributed by atoms with Gasteiger partial charge in [-0.1, -0.05) is 43.7 Å². The third-order valence-corrected chi connectivity index (χ3v) is 2.98. The molecule has 1 aromatic rings. The molecular weight excluding hydrogens is 238 g/mol. The molecule has 106 valence electrons. The van der Waals surface area contributed by atoms with Crippen LogP contribution in [0.25, 0.3) is 0 Å². The molecule has 0 amide bonds. The highest BCUT2D eigenvalue weighted by Crippen LogP contribution is 2.06. The number of ketones is 1. The SMILES string of the molecule is COCCN(CC(=O)c1ccc(C)cc1)CC(C)C. The summed E-state index contributed by atoms with van der Waals surface area (Å²) in [5, 5.41) is 0. The molecule has 0 atom stereocenters. The van der Waals surface area contributed by atoms with E-state index >= 15 is 0 Å². The van der Waals surface area contributed by atoms with Crippen molar-refractivity contribution < 1.29 is 9.53 Å². The van der Waals surface area contributed by atoms with Crippen molar-refractivity contribution >= 4 is 5.78 Å². The number of carbonyl (C=O) groups is 1. The summed E-state index contributed by atoms with van der Waals surface area (Å²) < 4.78 is 5.10. The zero-order valence-corrected chi connectivity index (χ0v) is 12.5. The van der Waals surface area contributed by atoms with E-state index in [1.54, 1.807) is 7.11 Å². The summed E-state index contributed by atoms with van der Waals surface area (Å²) in [6.07, 6.45) is 0. The Balaban J connectivity index is 2.61. The maximum Gasteiger partial charge on any atom is 0.176 e. The van der Waals surface area contributed by atoms with E-state index in [0.717, 1.165) is 18.7 Å². The van der Waals surface area contributed by atoms with Crippen molar-refractivity contribution in [3.05, 3.63) is 35.4 Å². The van der Waals surface area contributed by atoms with Gasteiger partial charge in [0.15, 0.2) is 5.78 Å². The summed E-state index contributed by atoms with van der Waals surface area (Å²) >= 11 is 0. The Morgan fingerprint density at radius 1 is 1.26 bits per heavy atom. The van der Waals surface area contributed by atoms with Gasteiger partial charge in [-0.05, 0) is 12.8 Å². The molecule has 0 saturated carbocycles. The van der Waals surface area contributed by atoms with Gasteiger partial charge in [0.2, 0.25) is 0 Å². The molecule has 0 radical (unpaired) electrons. The standard InChI is InChI=1S/C16H25NO2/c1-13(2)11-17(9-10-19-4)12-16(18)15-7-5-14(3)6-8-15/h5-8,13H,9-12H2,1-4H3. The van der Waals surface area contributed by atoms with Crippen LogP contribution >= 0.6 is 0 Å². The van der Waals surface area contributed by atoms with Crippen LogP contribution in [0.4, 0.5) is 0 Å². The smallest absolute Gasteiger partial charge is 0.176 e. The fraction of sp³-hybridized carbons (Fsp3) is 0.562. The lowest BCUT2D eigenvalue weighted by atomic mass is 10.1. The lowest BCUT2D eigenvalue weighted by molar-refractivity contribution is 0.0881. The normalized spacial score (nSPS) is 11.3. The molecule has 3 nitrogen and oxygen atoms in total. The van der Waals surface area contributed by atoms with Crippen molar-refractivity contribution in [2.75, 3.05) is 33.4 Å². The van der Waals surface area contributed by atoms with Gasteiger partial charge < -0.3 is 4.74 Å².